The summed E-state index contributed by atoms with van der Waals surface area (Å²) in [6.45, 7) is 5.38. The molecule has 1 saturated heterocycles. The molecule has 0 spiro atoms. The Hall–Kier alpha value is -3.09. The second-order valence-electron chi connectivity index (χ2n) is 8.54. The van der Waals surface area contributed by atoms with Crippen molar-refractivity contribution in [3.63, 3.8) is 0 Å². The third-order valence-electron chi connectivity index (χ3n) is 6.26. The Bertz CT molecular complexity index is 1330. The third-order valence-corrected chi connectivity index (χ3v) is 7.20. The fourth-order valence-electron chi connectivity index (χ4n) is 4.56. The summed E-state index contributed by atoms with van der Waals surface area (Å²) < 4.78 is 1.93. The molecule has 6 heteroatoms. The number of pyridine rings is 1. The number of fused-ring (bicyclic) bond motifs is 2. The molecule has 1 aliphatic heterocycles. The van der Waals surface area contributed by atoms with Gasteiger partial charge in [0.2, 0.25) is 5.91 Å². The summed E-state index contributed by atoms with van der Waals surface area (Å²) in [4.78, 5) is 28.5. The van der Waals surface area contributed by atoms with Crippen molar-refractivity contribution in [2.24, 2.45) is 0 Å². The van der Waals surface area contributed by atoms with Crippen molar-refractivity contribution in [1.29, 1.82) is 0 Å². The Labute approximate surface area is 197 Å². The zero-order valence-electron chi connectivity index (χ0n) is 18.7. The van der Waals surface area contributed by atoms with E-state index in [1.54, 1.807) is 0 Å². The molecule has 0 bridgehead atoms. The van der Waals surface area contributed by atoms with Crippen molar-refractivity contribution in [1.82, 2.24) is 9.47 Å². The summed E-state index contributed by atoms with van der Waals surface area (Å²) in [5, 5.41) is 4.33. The molecule has 0 unspecified atom stereocenters. The molecule has 1 aliphatic rings. The highest BCUT2D eigenvalue weighted by molar-refractivity contribution is 7.99. The molecule has 0 atom stereocenters. The van der Waals surface area contributed by atoms with Crippen LogP contribution in [-0.2, 0) is 17.9 Å². The zero-order chi connectivity index (χ0) is 22.8. The Balaban J connectivity index is 1.39. The van der Waals surface area contributed by atoms with Crippen molar-refractivity contribution in [2.75, 3.05) is 29.9 Å². The predicted molar refractivity (Wildman–Crippen MR) is 138 cm³/mol. The number of anilines is 1. The van der Waals surface area contributed by atoms with Crippen LogP contribution in [0.1, 0.15) is 11.1 Å². The van der Waals surface area contributed by atoms with Crippen LogP contribution in [0.5, 0.6) is 0 Å². The number of amides is 1. The highest BCUT2D eigenvalue weighted by Gasteiger charge is 2.15. The van der Waals surface area contributed by atoms with E-state index in [2.05, 4.69) is 22.3 Å². The molecule has 2 heterocycles. The minimum absolute atomic E-state index is 0.00316. The zero-order valence-corrected chi connectivity index (χ0v) is 19.5. The van der Waals surface area contributed by atoms with Gasteiger partial charge in [0, 0.05) is 47.6 Å². The first kappa shape index (κ1) is 21.7. The second-order valence-corrected chi connectivity index (χ2v) is 9.76. The number of hydrogen-bond acceptors (Lipinski definition) is 4. The number of benzene rings is 3. The van der Waals surface area contributed by atoms with E-state index >= 15 is 0 Å². The van der Waals surface area contributed by atoms with Crippen LogP contribution in [0.2, 0.25) is 0 Å². The number of thioether (sulfide) groups is 1. The first-order chi connectivity index (χ1) is 16.1. The van der Waals surface area contributed by atoms with E-state index in [0.717, 1.165) is 41.9 Å². The van der Waals surface area contributed by atoms with E-state index in [1.807, 2.05) is 77.9 Å². The summed E-state index contributed by atoms with van der Waals surface area (Å²) in [6, 6.07) is 21.2. The molecule has 3 aromatic carbocycles. The minimum Gasteiger partial charge on any atom is -0.331 e. The molecule has 1 fully saturated rings. The number of nitrogens with zero attached hydrogens (tertiary/aromatic N) is 2. The quantitative estimate of drug-likeness (QED) is 0.443. The molecule has 0 aliphatic carbocycles. The van der Waals surface area contributed by atoms with Gasteiger partial charge in [-0.1, -0.05) is 36.4 Å². The smallest absolute Gasteiger partial charge is 0.244 e. The Morgan fingerprint density at radius 3 is 2.21 bits per heavy atom. The standard InChI is InChI=1S/C27H27N3O2S/c1-19-16-20(17-29-12-14-33-15-13-29)10-11-23(19)28-26(31)18-30-24-8-4-2-6-21(24)27(32)22-7-3-5-9-25(22)30/h2-11,16H,12-15,17-18H2,1H3,(H,28,31). The van der Waals surface area contributed by atoms with Gasteiger partial charge in [-0.05, 0) is 48.4 Å². The number of aromatic nitrogens is 1. The molecule has 1 aromatic heterocycles. The minimum atomic E-state index is -0.113. The summed E-state index contributed by atoms with van der Waals surface area (Å²) in [7, 11) is 0. The first-order valence-electron chi connectivity index (χ1n) is 11.3. The van der Waals surface area contributed by atoms with Crippen molar-refractivity contribution in [3.8, 4) is 0 Å². The van der Waals surface area contributed by atoms with Crippen LogP contribution in [-0.4, -0.2) is 40.0 Å². The maximum absolute atomic E-state index is 13.1. The van der Waals surface area contributed by atoms with Gasteiger partial charge in [-0.15, -0.1) is 0 Å². The monoisotopic (exact) mass is 457 g/mol. The number of carbonyl (C=O) groups excluding carboxylic acids is 1. The Morgan fingerprint density at radius 2 is 1.58 bits per heavy atom. The van der Waals surface area contributed by atoms with Crippen LogP contribution in [0.25, 0.3) is 21.8 Å². The lowest BCUT2D eigenvalue weighted by molar-refractivity contribution is -0.116. The lowest BCUT2D eigenvalue weighted by Crippen LogP contribution is -2.32. The molecule has 1 amide bonds. The molecule has 5 nitrogen and oxygen atoms in total. The van der Waals surface area contributed by atoms with E-state index in [-0.39, 0.29) is 17.9 Å². The van der Waals surface area contributed by atoms with Gasteiger partial charge in [0.05, 0.1) is 11.0 Å². The highest BCUT2D eigenvalue weighted by atomic mass is 32.2. The summed E-state index contributed by atoms with van der Waals surface area (Å²) in [5.41, 5.74) is 4.69. The largest absolute Gasteiger partial charge is 0.331 e. The number of carbonyl (C=O) groups is 1. The van der Waals surface area contributed by atoms with Crippen LogP contribution >= 0.6 is 11.8 Å². The van der Waals surface area contributed by atoms with E-state index in [4.69, 9.17) is 0 Å². The number of aryl methyl sites for hydroxylation is 1. The Morgan fingerprint density at radius 1 is 0.939 bits per heavy atom. The van der Waals surface area contributed by atoms with Crippen LogP contribution < -0.4 is 10.7 Å². The van der Waals surface area contributed by atoms with Crippen molar-refractivity contribution in [3.05, 3.63) is 88.1 Å². The van der Waals surface area contributed by atoms with E-state index < -0.39 is 0 Å². The second kappa shape index (κ2) is 9.41. The van der Waals surface area contributed by atoms with Gasteiger partial charge in [-0.3, -0.25) is 14.5 Å². The van der Waals surface area contributed by atoms with Gasteiger partial charge >= 0.3 is 0 Å². The first-order valence-corrected chi connectivity index (χ1v) is 12.5. The molecule has 5 rings (SSSR count). The van der Waals surface area contributed by atoms with E-state index in [9.17, 15) is 9.59 Å². The molecule has 0 saturated carbocycles. The summed E-state index contributed by atoms with van der Waals surface area (Å²) in [5.74, 6) is 2.28. The average molecular weight is 458 g/mol. The van der Waals surface area contributed by atoms with Crippen molar-refractivity contribution < 1.29 is 4.79 Å². The molecular weight excluding hydrogens is 430 g/mol. The van der Waals surface area contributed by atoms with Crippen LogP contribution in [0.15, 0.2) is 71.5 Å². The third kappa shape index (κ3) is 4.54. The maximum atomic E-state index is 13.1. The van der Waals surface area contributed by atoms with Crippen LogP contribution in [0.4, 0.5) is 5.69 Å². The van der Waals surface area contributed by atoms with Gasteiger partial charge in [-0.2, -0.15) is 11.8 Å². The number of nitrogens with one attached hydrogen (secondary N) is 1. The average Bonchev–Trinajstić information content (AvgIpc) is 2.84. The Kier molecular flexibility index (Phi) is 6.20. The van der Waals surface area contributed by atoms with Gasteiger partial charge in [0.15, 0.2) is 5.43 Å². The van der Waals surface area contributed by atoms with E-state index in [0.29, 0.717) is 10.8 Å². The molecule has 0 radical (unpaired) electrons. The van der Waals surface area contributed by atoms with Gasteiger partial charge in [0.1, 0.15) is 6.54 Å². The molecule has 4 aromatic rings. The number of rotatable bonds is 5. The van der Waals surface area contributed by atoms with Gasteiger partial charge in [-0.25, -0.2) is 0 Å². The molecule has 1 N–H and O–H groups in total. The van der Waals surface area contributed by atoms with Gasteiger partial charge < -0.3 is 9.88 Å². The van der Waals surface area contributed by atoms with Crippen molar-refractivity contribution >= 4 is 45.2 Å². The lowest BCUT2D eigenvalue weighted by atomic mass is 10.1. The highest BCUT2D eigenvalue weighted by Crippen LogP contribution is 2.22. The molecule has 168 valence electrons. The fraction of sp³-hybridized carbons (Fsp3) is 0.259. The normalized spacial score (nSPS) is 14.6. The summed E-state index contributed by atoms with van der Waals surface area (Å²) in [6.07, 6.45) is 0. The van der Waals surface area contributed by atoms with Gasteiger partial charge in [0.25, 0.3) is 0 Å². The summed E-state index contributed by atoms with van der Waals surface area (Å²) >= 11 is 2.02. The number of para-hydroxylation sites is 2. The fourth-order valence-corrected chi connectivity index (χ4v) is 5.54. The molecule has 33 heavy (non-hydrogen) atoms. The SMILES string of the molecule is Cc1cc(CN2CCSCC2)ccc1NC(=O)Cn1c2ccccc2c(=O)c2ccccc21. The maximum Gasteiger partial charge on any atom is 0.244 e. The lowest BCUT2D eigenvalue weighted by Gasteiger charge is -2.26. The van der Waals surface area contributed by atoms with Crippen molar-refractivity contribution in [2.45, 2.75) is 20.0 Å². The number of hydrogen-bond donors (Lipinski definition) is 1. The predicted octanol–water partition coefficient (Wildman–Crippen LogP) is 4.65. The van der Waals surface area contributed by atoms with Crippen LogP contribution in [0, 0.1) is 6.92 Å². The van der Waals surface area contributed by atoms with E-state index in [1.165, 1.54) is 17.1 Å². The molecular formula is C27H27N3O2S. The van der Waals surface area contributed by atoms with Crippen LogP contribution in [0.3, 0.4) is 0 Å². The topological polar surface area (TPSA) is 54.3 Å².